The van der Waals surface area contributed by atoms with Crippen LogP contribution in [0.4, 0.5) is 26.5 Å². The smallest absolute Gasteiger partial charge is 0.407 e. The zero-order valence-corrected chi connectivity index (χ0v) is 23.9. The summed E-state index contributed by atoms with van der Waals surface area (Å²) in [6, 6.07) is 1.73. The van der Waals surface area contributed by atoms with Crippen LogP contribution in [0, 0.1) is 5.82 Å². The summed E-state index contributed by atoms with van der Waals surface area (Å²) in [5.74, 6) is -1.61. The Bertz CT molecular complexity index is 1330. The number of nitrogens with two attached hydrogens (primary N) is 1. The maximum absolute atomic E-state index is 15.1. The van der Waals surface area contributed by atoms with E-state index in [1.807, 2.05) is 6.92 Å². The van der Waals surface area contributed by atoms with E-state index >= 15 is 4.39 Å². The van der Waals surface area contributed by atoms with Gasteiger partial charge in [0.1, 0.15) is 23.7 Å². The second kappa shape index (κ2) is 13.7. The molecule has 15 heteroatoms. The van der Waals surface area contributed by atoms with Gasteiger partial charge in [-0.3, -0.25) is 4.79 Å². The van der Waals surface area contributed by atoms with Gasteiger partial charge >= 0.3 is 6.09 Å². The highest BCUT2D eigenvalue weighted by molar-refractivity contribution is 5.98. The largest absolute Gasteiger partial charge is 0.474 e. The number of alkyl carbamates (subject to hydrolysis) is 1. The lowest BCUT2D eigenvalue weighted by Gasteiger charge is -2.27. The number of nitrogens with zero attached hydrogens (tertiary/aromatic N) is 5. The third-order valence-corrected chi connectivity index (χ3v) is 5.61. The van der Waals surface area contributed by atoms with Gasteiger partial charge in [0.25, 0.3) is 5.91 Å². The second-order valence-corrected chi connectivity index (χ2v) is 10.0. The summed E-state index contributed by atoms with van der Waals surface area (Å²) in [7, 11) is 1.55. The number of aromatic nitrogens is 5. The van der Waals surface area contributed by atoms with Gasteiger partial charge in [0.05, 0.1) is 36.4 Å². The average molecular weight is 574 g/mol. The van der Waals surface area contributed by atoms with Crippen LogP contribution in [0.25, 0.3) is 5.69 Å². The number of hydrogen-bond donors (Lipinski definition) is 4. The van der Waals surface area contributed by atoms with Crippen molar-refractivity contribution < 1.29 is 28.2 Å². The molecular formula is C26H36FN9O5. The number of halogens is 1. The molecule has 5 N–H and O–H groups in total. The van der Waals surface area contributed by atoms with Crippen LogP contribution in [0.1, 0.15) is 51.4 Å². The van der Waals surface area contributed by atoms with Crippen molar-refractivity contribution in [3.05, 3.63) is 42.1 Å². The first-order valence-electron chi connectivity index (χ1n) is 12.9. The molecule has 2 amide bonds. The fourth-order valence-corrected chi connectivity index (χ4v) is 3.69. The molecule has 0 fully saturated rings. The van der Waals surface area contributed by atoms with Crippen molar-refractivity contribution in [3.63, 3.8) is 0 Å². The lowest BCUT2D eigenvalue weighted by molar-refractivity contribution is 0.0503. The van der Waals surface area contributed by atoms with E-state index in [1.54, 1.807) is 40.9 Å². The molecule has 3 aromatic rings. The Morgan fingerprint density at radius 1 is 1.15 bits per heavy atom. The zero-order valence-electron chi connectivity index (χ0n) is 23.9. The Hall–Kier alpha value is -4.53. The molecule has 0 aliphatic heterocycles. The van der Waals surface area contributed by atoms with Crippen molar-refractivity contribution in [3.8, 4) is 11.6 Å². The normalized spacial score (nSPS) is 12.8. The van der Waals surface area contributed by atoms with Crippen molar-refractivity contribution in [2.24, 2.45) is 5.73 Å². The lowest BCUT2D eigenvalue weighted by Crippen LogP contribution is -2.46. The molecule has 0 unspecified atom stereocenters. The highest BCUT2D eigenvalue weighted by atomic mass is 19.1. The average Bonchev–Trinajstić information content (AvgIpc) is 3.43. The van der Waals surface area contributed by atoms with Gasteiger partial charge in [0.15, 0.2) is 11.6 Å². The van der Waals surface area contributed by atoms with Gasteiger partial charge in [-0.25, -0.2) is 19.2 Å². The molecule has 0 aliphatic rings. The number of hydrogen-bond acceptors (Lipinski definition) is 11. The molecule has 0 saturated heterocycles. The first-order chi connectivity index (χ1) is 19.4. The number of ether oxygens (including phenoxy) is 3. The maximum Gasteiger partial charge on any atom is 0.407 e. The van der Waals surface area contributed by atoms with Gasteiger partial charge in [0, 0.05) is 19.2 Å². The van der Waals surface area contributed by atoms with Crippen molar-refractivity contribution >= 4 is 29.3 Å². The summed E-state index contributed by atoms with van der Waals surface area (Å²) in [5, 5.41) is 17.0. The van der Waals surface area contributed by atoms with Crippen LogP contribution >= 0.6 is 0 Å². The van der Waals surface area contributed by atoms with Crippen LogP contribution in [0.15, 0.2) is 30.7 Å². The van der Waals surface area contributed by atoms with Crippen LogP contribution in [0.2, 0.25) is 0 Å². The third kappa shape index (κ3) is 8.73. The standard InChI is InChI=1S/C26H36FN9O5/c1-7-19(15(2)32-25(38)41-26(3,4)5)34-23-18(27)13-17(21(28)37)22(35-23)33-16-12-20(36-30-8-9-31-36)24(29-14-16)40-11-10-39-6/h8-9,12-15,19H,7,10-11H2,1-6H3,(H2,28,37)(H,32,38)(H2,33,34,35)/t15-,19+/m0/s1. The first kappa shape index (κ1) is 31.0. The van der Waals surface area contributed by atoms with E-state index in [9.17, 15) is 9.59 Å². The molecule has 3 heterocycles. The summed E-state index contributed by atoms with van der Waals surface area (Å²) in [5.41, 5.74) is 5.44. The molecule has 2 atom stereocenters. The lowest BCUT2D eigenvalue weighted by atomic mass is 10.1. The third-order valence-electron chi connectivity index (χ3n) is 5.61. The predicted octanol–water partition coefficient (Wildman–Crippen LogP) is 3.17. The number of amides is 2. The Morgan fingerprint density at radius 2 is 1.85 bits per heavy atom. The van der Waals surface area contributed by atoms with Crippen LogP contribution in [-0.4, -0.2) is 75.0 Å². The molecule has 222 valence electrons. The monoisotopic (exact) mass is 573 g/mol. The highest BCUT2D eigenvalue weighted by Crippen LogP contribution is 2.28. The minimum absolute atomic E-state index is 0.0155. The minimum atomic E-state index is -0.890. The molecule has 14 nitrogen and oxygen atoms in total. The van der Waals surface area contributed by atoms with E-state index in [-0.39, 0.29) is 29.7 Å². The number of carbonyl (C=O) groups is 2. The van der Waals surface area contributed by atoms with Crippen molar-refractivity contribution in [1.82, 2.24) is 30.3 Å². The predicted molar refractivity (Wildman–Crippen MR) is 149 cm³/mol. The van der Waals surface area contributed by atoms with Crippen molar-refractivity contribution in [2.75, 3.05) is 31.0 Å². The molecular weight excluding hydrogens is 537 g/mol. The summed E-state index contributed by atoms with van der Waals surface area (Å²) in [4.78, 5) is 34.4. The molecule has 0 radical (unpaired) electrons. The number of methoxy groups -OCH3 is 1. The van der Waals surface area contributed by atoms with Crippen molar-refractivity contribution in [1.29, 1.82) is 0 Å². The van der Waals surface area contributed by atoms with Gasteiger partial charge in [-0.1, -0.05) is 6.92 Å². The fraction of sp³-hybridized carbons (Fsp3) is 0.462. The van der Waals surface area contributed by atoms with Gasteiger partial charge in [-0.2, -0.15) is 10.2 Å². The molecule has 0 aromatic carbocycles. The summed E-state index contributed by atoms with van der Waals surface area (Å²) in [6.07, 6.45) is 4.33. The van der Waals surface area contributed by atoms with E-state index in [1.165, 1.54) is 23.4 Å². The molecule has 3 aromatic heterocycles. The molecule has 0 saturated carbocycles. The van der Waals surface area contributed by atoms with Crippen LogP contribution in [0.3, 0.4) is 0 Å². The Balaban J connectivity index is 1.89. The van der Waals surface area contributed by atoms with Crippen molar-refractivity contribution in [2.45, 2.75) is 58.7 Å². The quantitative estimate of drug-likeness (QED) is 0.221. The number of primary amides is 1. The number of rotatable bonds is 13. The van der Waals surface area contributed by atoms with E-state index in [2.05, 4.69) is 36.1 Å². The van der Waals surface area contributed by atoms with E-state index in [0.29, 0.717) is 24.4 Å². The van der Waals surface area contributed by atoms with Gasteiger partial charge < -0.3 is 35.9 Å². The molecule has 3 rings (SSSR count). The van der Waals surface area contributed by atoms with Gasteiger partial charge in [-0.15, -0.1) is 4.80 Å². The van der Waals surface area contributed by atoms with Gasteiger partial charge in [0.2, 0.25) is 5.88 Å². The molecule has 0 aliphatic carbocycles. The fourth-order valence-electron chi connectivity index (χ4n) is 3.69. The second-order valence-electron chi connectivity index (χ2n) is 10.0. The Labute approximate surface area is 237 Å². The van der Waals surface area contributed by atoms with E-state index in [4.69, 9.17) is 19.9 Å². The Kier molecular flexibility index (Phi) is 10.4. The van der Waals surface area contributed by atoms with Crippen LogP contribution in [-0.2, 0) is 9.47 Å². The number of pyridine rings is 2. The van der Waals surface area contributed by atoms with E-state index < -0.39 is 35.5 Å². The van der Waals surface area contributed by atoms with Crippen LogP contribution in [0.5, 0.6) is 5.88 Å². The summed E-state index contributed by atoms with van der Waals surface area (Å²) < 4.78 is 31.1. The summed E-state index contributed by atoms with van der Waals surface area (Å²) >= 11 is 0. The highest BCUT2D eigenvalue weighted by Gasteiger charge is 2.24. The van der Waals surface area contributed by atoms with Crippen LogP contribution < -0.4 is 26.4 Å². The Morgan fingerprint density at radius 3 is 2.46 bits per heavy atom. The number of carbonyl (C=O) groups excluding carboxylic acids is 2. The van der Waals surface area contributed by atoms with Gasteiger partial charge in [-0.05, 0) is 46.2 Å². The minimum Gasteiger partial charge on any atom is -0.474 e. The number of nitrogens with one attached hydrogen (secondary N) is 3. The maximum atomic E-state index is 15.1. The zero-order chi connectivity index (χ0) is 30.2. The number of anilines is 3. The van der Waals surface area contributed by atoms with E-state index in [0.717, 1.165) is 6.07 Å². The topological polar surface area (TPSA) is 180 Å². The summed E-state index contributed by atoms with van der Waals surface area (Å²) in [6.45, 7) is 9.48. The molecule has 41 heavy (non-hydrogen) atoms. The molecule has 0 spiro atoms. The molecule has 0 bridgehead atoms. The SMILES string of the molecule is CC[C@@H](Nc1nc(Nc2cnc(OCCOC)c(-n3nccn3)c2)c(C(N)=O)cc1F)[C@H](C)NC(=O)OC(C)(C)C. The first-order valence-corrected chi connectivity index (χ1v) is 12.9.